The van der Waals surface area contributed by atoms with E-state index in [0.29, 0.717) is 17.6 Å². The van der Waals surface area contributed by atoms with Gasteiger partial charge in [0.1, 0.15) is 0 Å². The zero-order valence-electron chi connectivity index (χ0n) is 13.3. The first-order valence-corrected chi connectivity index (χ1v) is 6.67. The molecular weight excluding hydrogens is 280 g/mol. The molecule has 1 rings (SSSR count). The lowest BCUT2D eigenvalue weighted by molar-refractivity contribution is -0.136. The molecule has 0 aliphatic carbocycles. The number of rotatable bonds is 5. The molecule has 0 spiro atoms. The Kier molecular flexibility index (Phi) is 8.95. The smallest absolute Gasteiger partial charge is 0.332 e. The van der Waals surface area contributed by atoms with Crippen molar-refractivity contribution in [3.8, 4) is 0 Å². The second kappa shape index (κ2) is 10.2. The number of aliphatic carboxylic acids is 1. The molecule has 22 heavy (non-hydrogen) atoms. The van der Waals surface area contributed by atoms with Crippen LogP contribution in [-0.4, -0.2) is 24.2 Å². The summed E-state index contributed by atoms with van der Waals surface area (Å²) in [6.07, 6.45) is 4.14. The Labute approximate surface area is 131 Å². The van der Waals surface area contributed by atoms with Crippen LogP contribution in [0.3, 0.4) is 0 Å². The van der Waals surface area contributed by atoms with Crippen molar-refractivity contribution in [3.63, 3.8) is 0 Å². The zero-order chi connectivity index (χ0) is 17.1. The predicted molar refractivity (Wildman–Crippen MR) is 88.5 cm³/mol. The number of carbonyl (C=O) groups excluding carboxylic acids is 1. The molecule has 0 atom stereocenters. The number of methoxy groups -OCH3 is 1. The van der Waals surface area contributed by atoms with Gasteiger partial charge < -0.3 is 9.84 Å². The minimum Gasteiger partial charge on any atom is -0.478 e. The Hall–Kier alpha value is -2.62. The second-order valence-corrected chi connectivity index (χ2v) is 4.61. The van der Waals surface area contributed by atoms with Crippen molar-refractivity contribution in [3.05, 3.63) is 65.8 Å². The molecule has 0 aliphatic heterocycles. The number of carbonyl (C=O) groups is 2. The minimum atomic E-state index is -0.863. The molecule has 0 saturated heterocycles. The monoisotopic (exact) mass is 302 g/mol. The molecule has 4 nitrogen and oxygen atoms in total. The molecule has 0 aromatic heterocycles. The van der Waals surface area contributed by atoms with Crippen molar-refractivity contribution in [1.82, 2.24) is 0 Å². The molecule has 1 N–H and O–H groups in total. The van der Waals surface area contributed by atoms with Crippen molar-refractivity contribution in [2.45, 2.75) is 20.3 Å². The maximum absolute atomic E-state index is 10.5. The predicted octanol–water partition coefficient (Wildman–Crippen LogP) is 3.64. The first-order chi connectivity index (χ1) is 10.3. The molecule has 0 bridgehead atoms. The van der Waals surface area contributed by atoms with Crippen LogP contribution in [0.25, 0.3) is 6.08 Å². The number of carboxylic acids is 1. The van der Waals surface area contributed by atoms with Crippen molar-refractivity contribution in [2.24, 2.45) is 0 Å². The van der Waals surface area contributed by atoms with Crippen LogP contribution in [0.15, 0.2) is 54.6 Å². The standard InChI is InChI=1S/C13H14O2.C5H8O2/c1-3-11-6-8-12(9-7-11)5-4-10(2)13(14)15;1-4(2)5(6)7-3/h3-4,6-9H,1,5H2,2H3,(H,14,15);1H2,2-3H3. The largest absolute Gasteiger partial charge is 0.478 e. The van der Waals surface area contributed by atoms with Crippen LogP contribution in [0.1, 0.15) is 25.0 Å². The molecule has 0 unspecified atom stereocenters. The van der Waals surface area contributed by atoms with Gasteiger partial charge in [-0.3, -0.25) is 0 Å². The lowest BCUT2D eigenvalue weighted by Gasteiger charge is -1.98. The summed E-state index contributed by atoms with van der Waals surface area (Å²) >= 11 is 0. The lowest BCUT2D eigenvalue weighted by atomic mass is 10.1. The maximum atomic E-state index is 10.5. The molecule has 4 heteroatoms. The molecule has 0 amide bonds. The van der Waals surface area contributed by atoms with Gasteiger partial charge in [-0.2, -0.15) is 0 Å². The Balaban J connectivity index is 0.000000534. The van der Waals surface area contributed by atoms with E-state index in [1.807, 2.05) is 24.3 Å². The highest BCUT2D eigenvalue weighted by atomic mass is 16.5. The number of allylic oxidation sites excluding steroid dienone is 1. The van der Waals surface area contributed by atoms with Crippen LogP contribution in [0.4, 0.5) is 0 Å². The Bertz CT molecular complexity index is 565. The molecule has 1 aromatic rings. The molecule has 0 heterocycles. The van der Waals surface area contributed by atoms with Crippen LogP contribution < -0.4 is 0 Å². The molecule has 118 valence electrons. The van der Waals surface area contributed by atoms with Gasteiger partial charge >= 0.3 is 11.9 Å². The number of carboxylic acid groups (broad SMARTS) is 1. The van der Waals surface area contributed by atoms with Crippen LogP contribution in [0, 0.1) is 0 Å². The number of ether oxygens (including phenoxy) is 1. The van der Waals surface area contributed by atoms with Crippen molar-refractivity contribution in [1.29, 1.82) is 0 Å². The van der Waals surface area contributed by atoms with E-state index >= 15 is 0 Å². The van der Waals surface area contributed by atoms with E-state index < -0.39 is 5.97 Å². The van der Waals surface area contributed by atoms with Gasteiger partial charge in [-0.15, -0.1) is 0 Å². The summed E-state index contributed by atoms with van der Waals surface area (Å²) < 4.78 is 4.27. The second-order valence-electron chi connectivity index (χ2n) is 4.61. The van der Waals surface area contributed by atoms with Crippen molar-refractivity contribution in [2.75, 3.05) is 7.11 Å². The minimum absolute atomic E-state index is 0.347. The quantitative estimate of drug-likeness (QED) is 0.666. The van der Waals surface area contributed by atoms with Gasteiger partial charge in [-0.25, -0.2) is 9.59 Å². The van der Waals surface area contributed by atoms with Gasteiger partial charge in [0.15, 0.2) is 0 Å². The molecular formula is C18H22O4. The summed E-state index contributed by atoms with van der Waals surface area (Å²) in [5.74, 6) is -1.21. The molecule has 0 aliphatic rings. The summed E-state index contributed by atoms with van der Waals surface area (Å²) in [5, 5.41) is 8.66. The Morgan fingerprint density at radius 2 is 1.77 bits per heavy atom. The van der Waals surface area contributed by atoms with Crippen LogP contribution in [0.5, 0.6) is 0 Å². The number of benzene rings is 1. The van der Waals surface area contributed by atoms with Crippen LogP contribution in [0.2, 0.25) is 0 Å². The van der Waals surface area contributed by atoms with E-state index in [4.69, 9.17) is 5.11 Å². The maximum Gasteiger partial charge on any atom is 0.332 e. The van der Waals surface area contributed by atoms with E-state index in [-0.39, 0.29) is 5.97 Å². The summed E-state index contributed by atoms with van der Waals surface area (Å²) in [4.78, 5) is 20.7. The van der Waals surface area contributed by atoms with E-state index in [2.05, 4.69) is 17.9 Å². The highest BCUT2D eigenvalue weighted by Crippen LogP contribution is 2.07. The average molecular weight is 302 g/mol. The third-order valence-corrected chi connectivity index (χ3v) is 2.73. The summed E-state index contributed by atoms with van der Waals surface area (Å²) in [6, 6.07) is 7.88. The van der Waals surface area contributed by atoms with Crippen LogP contribution >= 0.6 is 0 Å². The zero-order valence-corrected chi connectivity index (χ0v) is 13.3. The van der Waals surface area contributed by atoms with Crippen molar-refractivity contribution >= 4 is 18.0 Å². The van der Waals surface area contributed by atoms with Crippen molar-refractivity contribution < 1.29 is 19.4 Å². The fourth-order valence-electron chi connectivity index (χ4n) is 1.32. The first kappa shape index (κ1) is 19.4. The van der Waals surface area contributed by atoms with Gasteiger partial charge in [0.05, 0.1) is 7.11 Å². The SMILES string of the molecule is C=C(C)C(=O)OC.C=Cc1ccc(CC=C(C)C(=O)O)cc1. The number of hydrogen-bond donors (Lipinski definition) is 1. The highest BCUT2D eigenvalue weighted by molar-refractivity contribution is 5.86. The van der Waals surface area contributed by atoms with Gasteiger partial charge in [-0.1, -0.05) is 49.6 Å². The van der Waals surface area contributed by atoms with E-state index in [0.717, 1.165) is 11.1 Å². The van der Waals surface area contributed by atoms with Gasteiger partial charge in [0, 0.05) is 11.1 Å². The fraction of sp³-hybridized carbons (Fsp3) is 0.222. The number of hydrogen-bond acceptors (Lipinski definition) is 3. The molecule has 0 saturated carbocycles. The first-order valence-electron chi connectivity index (χ1n) is 6.67. The molecule has 0 radical (unpaired) electrons. The summed E-state index contributed by atoms with van der Waals surface area (Å²) in [7, 11) is 1.33. The normalized spacial score (nSPS) is 10.0. The Morgan fingerprint density at radius 3 is 2.09 bits per heavy atom. The average Bonchev–Trinajstić information content (AvgIpc) is 2.52. The van der Waals surface area contributed by atoms with Gasteiger partial charge in [-0.05, 0) is 31.4 Å². The highest BCUT2D eigenvalue weighted by Gasteiger charge is 1.98. The molecule has 0 fully saturated rings. The third-order valence-electron chi connectivity index (χ3n) is 2.73. The van der Waals surface area contributed by atoms with E-state index in [1.165, 1.54) is 7.11 Å². The molecule has 1 aromatic carbocycles. The fourth-order valence-corrected chi connectivity index (χ4v) is 1.32. The van der Waals surface area contributed by atoms with Crippen LogP contribution in [-0.2, 0) is 20.7 Å². The van der Waals surface area contributed by atoms with E-state index in [9.17, 15) is 9.59 Å². The van der Waals surface area contributed by atoms with E-state index in [1.54, 1.807) is 26.0 Å². The number of esters is 1. The van der Waals surface area contributed by atoms with Gasteiger partial charge in [0.25, 0.3) is 0 Å². The van der Waals surface area contributed by atoms with Gasteiger partial charge in [0.2, 0.25) is 0 Å². The Morgan fingerprint density at radius 1 is 1.23 bits per heavy atom. The summed E-state index contributed by atoms with van der Waals surface area (Å²) in [5.41, 5.74) is 2.98. The lowest BCUT2D eigenvalue weighted by Crippen LogP contribution is -1.98. The summed E-state index contributed by atoms with van der Waals surface area (Å²) in [6.45, 7) is 10.2. The topological polar surface area (TPSA) is 63.6 Å². The third kappa shape index (κ3) is 7.85.